The Labute approximate surface area is 131 Å². The van der Waals surface area contributed by atoms with Crippen LogP contribution in [0.1, 0.15) is 29.7 Å². The first kappa shape index (κ1) is 14.5. The molecular formula is C19H21N3. The van der Waals surface area contributed by atoms with Crippen molar-refractivity contribution >= 4 is 0 Å². The summed E-state index contributed by atoms with van der Waals surface area (Å²) in [5.41, 5.74) is 6.01. The van der Waals surface area contributed by atoms with Crippen LogP contribution in [0.3, 0.4) is 0 Å². The van der Waals surface area contributed by atoms with Gasteiger partial charge in [-0.1, -0.05) is 60.2 Å². The molecule has 1 aromatic heterocycles. The lowest BCUT2D eigenvalue weighted by molar-refractivity contribution is 0.575. The van der Waals surface area contributed by atoms with Gasteiger partial charge in [0.2, 0.25) is 0 Å². The monoisotopic (exact) mass is 291 g/mol. The third-order valence-corrected chi connectivity index (χ3v) is 3.96. The zero-order valence-electron chi connectivity index (χ0n) is 13.0. The van der Waals surface area contributed by atoms with Gasteiger partial charge in [0.05, 0.1) is 11.9 Å². The van der Waals surface area contributed by atoms with Crippen molar-refractivity contribution < 1.29 is 0 Å². The second kappa shape index (κ2) is 6.58. The van der Waals surface area contributed by atoms with E-state index in [1.165, 1.54) is 22.3 Å². The van der Waals surface area contributed by atoms with Gasteiger partial charge in [0.1, 0.15) is 0 Å². The summed E-state index contributed by atoms with van der Waals surface area (Å²) < 4.78 is 0. The summed E-state index contributed by atoms with van der Waals surface area (Å²) in [4.78, 5) is 0. The lowest BCUT2D eigenvalue weighted by Gasteiger charge is -2.14. The minimum Gasteiger partial charge on any atom is -0.306 e. The molecule has 0 unspecified atom stereocenters. The van der Waals surface area contributed by atoms with Gasteiger partial charge in [-0.3, -0.25) is 5.10 Å². The van der Waals surface area contributed by atoms with Crippen molar-refractivity contribution in [2.45, 2.75) is 26.4 Å². The topological polar surface area (TPSA) is 40.7 Å². The normalized spacial score (nSPS) is 12.3. The van der Waals surface area contributed by atoms with E-state index < -0.39 is 0 Å². The maximum atomic E-state index is 4.21. The number of benzene rings is 2. The van der Waals surface area contributed by atoms with E-state index in [1.807, 2.05) is 12.3 Å². The van der Waals surface area contributed by atoms with E-state index >= 15 is 0 Å². The van der Waals surface area contributed by atoms with Gasteiger partial charge in [-0.2, -0.15) is 5.10 Å². The number of nitrogens with one attached hydrogen (secondary N) is 2. The summed E-state index contributed by atoms with van der Waals surface area (Å²) >= 11 is 0. The summed E-state index contributed by atoms with van der Waals surface area (Å²) in [6.45, 7) is 5.07. The van der Waals surface area contributed by atoms with Crippen molar-refractivity contribution in [3.05, 3.63) is 77.5 Å². The van der Waals surface area contributed by atoms with Crippen LogP contribution in [-0.2, 0) is 6.54 Å². The molecule has 0 aliphatic heterocycles. The molecule has 0 saturated carbocycles. The fourth-order valence-electron chi connectivity index (χ4n) is 2.54. The van der Waals surface area contributed by atoms with E-state index in [4.69, 9.17) is 0 Å². The smallest absolute Gasteiger partial charge is 0.0695 e. The molecule has 0 bridgehead atoms. The minimum absolute atomic E-state index is 0.307. The van der Waals surface area contributed by atoms with Gasteiger partial charge in [-0.05, 0) is 25.0 Å². The van der Waals surface area contributed by atoms with Crippen molar-refractivity contribution in [1.29, 1.82) is 0 Å². The van der Waals surface area contributed by atoms with E-state index in [-0.39, 0.29) is 0 Å². The molecule has 1 atom stereocenters. The molecular weight excluding hydrogens is 270 g/mol. The van der Waals surface area contributed by atoms with Crippen LogP contribution in [0.15, 0.2) is 60.8 Å². The highest BCUT2D eigenvalue weighted by atomic mass is 15.1. The first-order valence-electron chi connectivity index (χ1n) is 7.61. The molecule has 3 aromatic rings. The Hall–Kier alpha value is -2.39. The number of hydrogen-bond acceptors (Lipinski definition) is 2. The Morgan fingerprint density at radius 2 is 1.77 bits per heavy atom. The van der Waals surface area contributed by atoms with Gasteiger partial charge < -0.3 is 5.32 Å². The van der Waals surface area contributed by atoms with Gasteiger partial charge in [-0.15, -0.1) is 0 Å². The fraction of sp³-hybridized carbons (Fsp3) is 0.211. The van der Waals surface area contributed by atoms with Crippen LogP contribution >= 0.6 is 0 Å². The largest absolute Gasteiger partial charge is 0.306 e. The first-order chi connectivity index (χ1) is 10.7. The predicted molar refractivity (Wildman–Crippen MR) is 90.5 cm³/mol. The molecule has 3 nitrogen and oxygen atoms in total. The number of nitrogens with zero attached hydrogens (tertiary/aromatic N) is 1. The van der Waals surface area contributed by atoms with Crippen LogP contribution in [0.5, 0.6) is 0 Å². The lowest BCUT2D eigenvalue weighted by atomic mass is 10.1. The van der Waals surface area contributed by atoms with Gasteiger partial charge in [-0.25, -0.2) is 0 Å². The Bertz CT molecular complexity index is 714. The van der Waals surface area contributed by atoms with Gasteiger partial charge in [0, 0.05) is 18.2 Å². The number of aromatic amines is 1. The van der Waals surface area contributed by atoms with Crippen LogP contribution in [0, 0.1) is 6.92 Å². The van der Waals surface area contributed by atoms with Gasteiger partial charge >= 0.3 is 0 Å². The molecule has 0 aliphatic carbocycles. The summed E-state index contributed by atoms with van der Waals surface area (Å²) in [6.07, 6.45) is 1.90. The van der Waals surface area contributed by atoms with E-state index in [2.05, 4.69) is 77.9 Å². The molecule has 0 spiro atoms. The van der Waals surface area contributed by atoms with Gasteiger partial charge in [0.15, 0.2) is 0 Å². The summed E-state index contributed by atoms with van der Waals surface area (Å²) in [5, 5.41) is 10.9. The SMILES string of the molecule is Cc1ccc(-c2[nH]ncc2CN[C@@H](C)c2ccccc2)cc1. The average Bonchev–Trinajstić information content (AvgIpc) is 3.02. The quantitative estimate of drug-likeness (QED) is 0.738. The Morgan fingerprint density at radius 3 is 2.50 bits per heavy atom. The summed E-state index contributed by atoms with van der Waals surface area (Å²) in [7, 11) is 0. The van der Waals surface area contributed by atoms with E-state index in [1.54, 1.807) is 0 Å². The van der Waals surface area contributed by atoms with Crippen molar-refractivity contribution in [2.75, 3.05) is 0 Å². The summed E-state index contributed by atoms with van der Waals surface area (Å²) in [5.74, 6) is 0. The van der Waals surface area contributed by atoms with Crippen molar-refractivity contribution in [3.8, 4) is 11.3 Å². The molecule has 112 valence electrons. The predicted octanol–water partition coefficient (Wildman–Crippen LogP) is 4.24. The van der Waals surface area contributed by atoms with Gasteiger partial charge in [0.25, 0.3) is 0 Å². The Balaban J connectivity index is 1.72. The molecule has 22 heavy (non-hydrogen) atoms. The first-order valence-corrected chi connectivity index (χ1v) is 7.61. The molecule has 1 heterocycles. The fourth-order valence-corrected chi connectivity index (χ4v) is 2.54. The number of aromatic nitrogens is 2. The third-order valence-electron chi connectivity index (χ3n) is 3.96. The number of hydrogen-bond donors (Lipinski definition) is 2. The third kappa shape index (κ3) is 3.26. The zero-order chi connectivity index (χ0) is 15.4. The highest BCUT2D eigenvalue weighted by molar-refractivity contribution is 5.62. The van der Waals surface area contributed by atoms with Crippen LogP contribution in [0.4, 0.5) is 0 Å². The van der Waals surface area contributed by atoms with Crippen LogP contribution in [-0.4, -0.2) is 10.2 Å². The molecule has 0 amide bonds. The highest BCUT2D eigenvalue weighted by Crippen LogP contribution is 2.22. The highest BCUT2D eigenvalue weighted by Gasteiger charge is 2.10. The average molecular weight is 291 g/mol. The molecule has 3 rings (SSSR count). The van der Waals surface area contributed by atoms with E-state index in [0.717, 1.165) is 12.2 Å². The molecule has 2 aromatic carbocycles. The molecule has 0 saturated heterocycles. The van der Waals surface area contributed by atoms with Crippen molar-refractivity contribution in [3.63, 3.8) is 0 Å². The van der Waals surface area contributed by atoms with Crippen molar-refractivity contribution in [2.24, 2.45) is 0 Å². The van der Waals surface area contributed by atoms with Crippen LogP contribution in [0.25, 0.3) is 11.3 Å². The van der Waals surface area contributed by atoms with E-state index in [0.29, 0.717) is 6.04 Å². The molecule has 3 heteroatoms. The second-order valence-electron chi connectivity index (χ2n) is 5.65. The summed E-state index contributed by atoms with van der Waals surface area (Å²) in [6, 6.07) is 19.3. The number of aryl methyl sites for hydroxylation is 1. The standard InChI is InChI=1S/C19H21N3/c1-14-8-10-17(11-9-14)19-18(13-21-22-19)12-20-15(2)16-6-4-3-5-7-16/h3-11,13,15,20H,12H2,1-2H3,(H,21,22)/t15-/m0/s1. The van der Waals surface area contributed by atoms with E-state index in [9.17, 15) is 0 Å². The number of H-pyrrole nitrogens is 1. The maximum absolute atomic E-state index is 4.21. The Morgan fingerprint density at radius 1 is 1.05 bits per heavy atom. The second-order valence-corrected chi connectivity index (χ2v) is 5.65. The van der Waals surface area contributed by atoms with Crippen LogP contribution < -0.4 is 5.32 Å². The molecule has 0 fully saturated rings. The Kier molecular flexibility index (Phi) is 4.35. The molecule has 2 N–H and O–H groups in total. The minimum atomic E-state index is 0.307. The maximum Gasteiger partial charge on any atom is 0.0695 e. The molecule has 0 aliphatic rings. The van der Waals surface area contributed by atoms with Crippen molar-refractivity contribution in [1.82, 2.24) is 15.5 Å². The number of rotatable bonds is 5. The lowest BCUT2D eigenvalue weighted by Crippen LogP contribution is -2.18. The zero-order valence-corrected chi connectivity index (χ0v) is 13.0. The van der Waals surface area contributed by atoms with Crippen LogP contribution in [0.2, 0.25) is 0 Å². The molecule has 0 radical (unpaired) electrons.